The van der Waals surface area contributed by atoms with Crippen molar-refractivity contribution in [1.82, 2.24) is 15.3 Å². The molecule has 6 nitrogen and oxygen atoms in total. The van der Waals surface area contributed by atoms with E-state index in [4.69, 9.17) is 0 Å². The second-order valence-corrected chi connectivity index (χ2v) is 5.16. The molecule has 0 spiro atoms. The van der Waals surface area contributed by atoms with Gasteiger partial charge < -0.3 is 15.3 Å². The van der Waals surface area contributed by atoms with Crippen molar-refractivity contribution >= 4 is 11.9 Å². The number of anilines is 1. The number of rotatable bonds is 3. The number of carbonyl (C=O) groups excluding carboxylic acids is 1. The van der Waals surface area contributed by atoms with Crippen LogP contribution < -0.4 is 10.2 Å². The molecular formula is C13H20N4O2. The van der Waals surface area contributed by atoms with E-state index in [2.05, 4.69) is 15.3 Å². The number of nitrogens with zero attached hydrogens (tertiary/aromatic N) is 3. The highest BCUT2D eigenvalue weighted by molar-refractivity contribution is 5.76. The van der Waals surface area contributed by atoms with Crippen LogP contribution in [0.25, 0.3) is 0 Å². The maximum absolute atomic E-state index is 11.5. The van der Waals surface area contributed by atoms with Gasteiger partial charge in [-0.05, 0) is 25.3 Å². The van der Waals surface area contributed by atoms with Gasteiger partial charge in [-0.15, -0.1) is 0 Å². The van der Waals surface area contributed by atoms with Crippen LogP contribution in [0.3, 0.4) is 0 Å². The zero-order chi connectivity index (χ0) is 13.9. The number of carbonyl (C=O) groups is 1. The first-order valence-electron chi connectivity index (χ1n) is 6.49. The summed E-state index contributed by atoms with van der Waals surface area (Å²) >= 11 is 0. The smallest absolute Gasteiger partial charge is 0.225 e. The van der Waals surface area contributed by atoms with E-state index in [0.717, 1.165) is 18.5 Å². The summed E-state index contributed by atoms with van der Waals surface area (Å²) in [6.45, 7) is 3.13. The normalized spacial score (nSPS) is 23.2. The van der Waals surface area contributed by atoms with Gasteiger partial charge in [0.25, 0.3) is 0 Å². The fourth-order valence-corrected chi connectivity index (χ4v) is 2.36. The van der Waals surface area contributed by atoms with E-state index < -0.39 is 5.60 Å². The summed E-state index contributed by atoms with van der Waals surface area (Å²) in [5.74, 6) is 0.467. The third kappa shape index (κ3) is 3.41. The van der Waals surface area contributed by atoms with E-state index in [1.807, 2.05) is 11.8 Å². The Balaban J connectivity index is 2.08. The Labute approximate surface area is 112 Å². The first-order valence-corrected chi connectivity index (χ1v) is 6.49. The predicted molar refractivity (Wildman–Crippen MR) is 71.8 cm³/mol. The van der Waals surface area contributed by atoms with Gasteiger partial charge in [0.1, 0.15) is 0 Å². The van der Waals surface area contributed by atoms with Gasteiger partial charge in [0.2, 0.25) is 11.9 Å². The molecule has 1 aromatic heterocycles. The molecule has 104 valence electrons. The Hall–Kier alpha value is -1.69. The molecule has 6 heteroatoms. The second kappa shape index (κ2) is 5.52. The van der Waals surface area contributed by atoms with Crippen molar-refractivity contribution in [2.24, 2.45) is 0 Å². The highest BCUT2D eigenvalue weighted by Gasteiger charge is 2.35. The van der Waals surface area contributed by atoms with Crippen LogP contribution in [0.2, 0.25) is 0 Å². The van der Waals surface area contributed by atoms with Crippen LogP contribution in [0, 0.1) is 6.92 Å². The van der Waals surface area contributed by atoms with Crippen molar-refractivity contribution in [2.45, 2.75) is 31.8 Å². The molecule has 0 bridgehead atoms. The average Bonchev–Trinajstić information content (AvgIpc) is 2.39. The first kappa shape index (κ1) is 13.7. The van der Waals surface area contributed by atoms with Crippen molar-refractivity contribution in [2.75, 3.05) is 25.0 Å². The van der Waals surface area contributed by atoms with Gasteiger partial charge in [-0.1, -0.05) is 0 Å². The predicted octanol–water partition coefficient (Wildman–Crippen LogP) is 0.252. The summed E-state index contributed by atoms with van der Waals surface area (Å²) in [5, 5.41) is 13.1. The molecule has 1 atom stereocenters. The lowest BCUT2D eigenvalue weighted by Gasteiger charge is -2.38. The molecule has 0 saturated carbocycles. The standard InChI is InChI=1S/C13H20N4O2/c1-10-7-15-12(16-8-10)17-5-3-4-13(19,9-17)6-11(18)14-2/h7-8,19H,3-6,9H2,1-2H3,(H,14,18). The molecule has 1 amide bonds. The third-order valence-electron chi connectivity index (χ3n) is 3.37. The fraction of sp³-hybridized carbons (Fsp3) is 0.615. The topological polar surface area (TPSA) is 78.4 Å². The molecule has 1 aromatic rings. The molecule has 1 unspecified atom stereocenters. The fourth-order valence-electron chi connectivity index (χ4n) is 2.36. The SMILES string of the molecule is CNC(=O)CC1(O)CCCN(c2ncc(C)cn2)C1. The number of aryl methyl sites for hydroxylation is 1. The maximum atomic E-state index is 11.5. The average molecular weight is 264 g/mol. The molecule has 1 fully saturated rings. The van der Waals surface area contributed by atoms with Crippen molar-refractivity contribution in [3.05, 3.63) is 18.0 Å². The number of hydrogen-bond acceptors (Lipinski definition) is 5. The van der Waals surface area contributed by atoms with E-state index in [1.54, 1.807) is 19.4 Å². The van der Waals surface area contributed by atoms with Crippen LogP contribution in [-0.2, 0) is 4.79 Å². The van der Waals surface area contributed by atoms with Crippen LogP contribution in [0.15, 0.2) is 12.4 Å². The third-order valence-corrected chi connectivity index (χ3v) is 3.37. The first-order chi connectivity index (χ1) is 9.02. The number of aliphatic hydroxyl groups is 1. The van der Waals surface area contributed by atoms with Crippen LogP contribution >= 0.6 is 0 Å². The lowest BCUT2D eigenvalue weighted by molar-refractivity contribution is -0.125. The van der Waals surface area contributed by atoms with Gasteiger partial charge in [0, 0.05) is 26.0 Å². The van der Waals surface area contributed by atoms with Crippen LogP contribution in [-0.4, -0.2) is 46.7 Å². The Bertz CT molecular complexity index is 448. The summed E-state index contributed by atoms with van der Waals surface area (Å²) in [6, 6.07) is 0. The lowest BCUT2D eigenvalue weighted by Crippen LogP contribution is -2.50. The second-order valence-electron chi connectivity index (χ2n) is 5.16. The zero-order valence-corrected chi connectivity index (χ0v) is 11.4. The Morgan fingerprint density at radius 1 is 1.53 bits per heavy atom. The van der Waals surface area contributed by atoms with E-state index in [-0.39, 0.29) is 12.3 Å². The minimum atomic E-state index is -0.993. The minimum Gasteiger partial charge on any atom is -0.388 e. The van der Waals surface area contributed by atoms with Gasteiger partial charge in [0.05, 0.1) is 18.6 Å². The van der Waals surface area contributed by atoms with Gasteiger partial charge >= 0.3 is 0 Å². The summed E-state index contributed by atoms with van der Waals surface area (Å²) in [6.07, 6.45) is 5.09. The summed E-state index contributed by atoms with van der Waals surface area (Å²) in [4.78, 5) is 21.9. The number of nitrogens with one attached hydrogen (secondary N) is 1. The molecular weight excluding hydrogens is 244 g/mol. The summed E-state index contributed by atoms with van der Waals surface area (Å²) in [5.41, 5.74) is 0.00782. The molecule has 2 heterocycles. The quantitative estimate of drug-likeness (QED) is 0.818. The Morgan fingerprint density at radius 3 is 2.84 bits per heavy atom. The van der Waals surface area contributed by atoms with E-state index in [1.165, 1.54) is 0 Å². The Kier molecular flexibility index (Phi) is 3.99. The molecule has 0 aliphatic carbocycles. The van der Waals surface area contributed by atoms with E-state index >= 15 is 0 Å². The molecule has 0 radical (unpaired) electrons. The number of β-amino-alcohol motifs (C(OH)–C–C–N with tert-alkyl or cyclic N) is 1. The number of aromatic nitrogens is 2. The van der Waals surface area contributed by atoms with E-state index in [9.17, 15) is 9.90 Å². The van der Waals surface area contributed by atoms with E-state index in [0.29, 0.717) is 18.9 Å². The zero-order valence-electron chi connectivity index (χ0n) is 11.4. The minimum absolute atomic E-state index is 0.117. The van der Waals surface area contributed by atoms with Crippen molar-refractivity contribution in [3.63, 3.8) is 0 Å². The molecule has 1 aliphatic heterocycles. The Morgan fingerprint density at radius 2 is 2.21 bits per heavy atom. The maximum Gasteiger partial charge on any atom is 0.225 e. The largest absolute Gasteiger partial charge is 0.388 e. The van der Waals surface area contributed by atoms with Crippen LogP contribution in [0.1, 0.15) is 24.8 Å². The number of amides is 1. The molecule has 1 saturated heterocycles. The number of hydrogen-bond donors (Lipinski definition) is 2. The monoisotopic (exact) mass is 264 g/mol. The molecule has 0 aromatic carbocycles. The molecule has 2 N–H and O–H groups in total. The summed E-state index contributed by atoms with van der Waals surface area (Å²) in [7, 11) is 1.58. The van der Waals surface area contributed by atoms with Gasteiger partial charge in [-0.3, -0.25) is 4.79 Å². The van der Waals surface area contributed by atoms with Gasteiger partial charge in [-0.2, -0.15) is 0 Å². The van der Waals surface area contributed by atoms with Gasteiger partial charge in [-0.25, -0.2) is 9.97 Å². The highest BCUT2D eigenvalue weighted by atomic mass is 16.3. The van der Waals surface area contributed by atoms with Crippen LogP contribution in [0.4, 0.5) is 5.95 Å². The van der Waals surface area contributed by atoms with Crippen molar-refractivity contribution < 1.29 is 9.90 Å². The molecule has 19 heavy (non-hydrogen) atoms. The summed E-state index contributed by atoms with van der Waals surface area (Å²) < 4.78 is 0. The van der Waals surface area contributed by atoms with Crippen molar-refractivity contribution in [1.29, 1.82) is 0 Å². The van der Waals surface area contributed by atoms with Crippen molar-refractivity contribution in [3.8, 4) is 0 Å². The number of piperidine rings is 1. The van der Waals surface area contributed by atoms with Gasteiger partial charge in [0.15, 0.2) is 0 Å². The van der Waals surface area contributed by atoms with Crippen LogP contribution in [0.5, 0.6) is 0 Å². The molecule has 2 rings (SSSR count). The molecule has 1 aliphatic rings. The lowest BCUT2D eigenvalue weighted by atomic mass is 9.89. The highest BCUT2D eigenvalue weighted by Crippen LogP contribution is 2.26.